The Bertz CT molecular complexity index is 732. The lowest BCUT2D eigenvalue weighted by molar-refractivity contribution is -0.129. The second-order valence-electron chi connectivity index (χ2n) is 5.60. The maximum absolute atomic E-state index is 13.8. The number of carbonyl (C=O) groups excluding carboxylic acids is 2. The van der Waals surface area contributed by atoms with E-state index in [1.165, 1.54) is 20.1 Å². The predicted octanol–water partition coefficient (Wildman–Crippen LogP) is 2.26. The maximum atomic E-state index is 13.8. The summed E-state index contributed by atoms with van der Waals surface area (Å²) in [5.41, 5.74) is 2.17. The van der Waals surface area contributed by atoms with E-state index in [2.05, 4.69) is 10.6 Å². The third-order valence-corrected chi connectivity index (χ3v) is 3.63. The first kappa shape index (κ1) is 18.6. The number of carbonyl (C=O) groups is 2. The van der Waals surface area contributed by atoms with Crippen molar-refractivity contribution in [3.8, 4) is 11.1 Å². The smallest absolute Gasteiger partial charge is 0.245 e. The molecule has 0 aliphatic carbocycles. The Labute approximate surface area is 146 Å². The van der Waals surface area contributed by atoms with Crippen LogP contribution in [0.1, 0.15) is 12.5 Å². The van der Waals surface area contributed by atoms with Gasteiger partial charge < -0.3 is 15.4 Å². The van der Waals surface area contributed by atoms with E-state index in [9.17, 15) is 14.0 Å². The highest BCUT2D eigenvalue weighted by Gasteiger charge is 2.18. The van der Waals surface area contributed by atoms with Gasteiger partial charge in [-0.3, -0.25) is 9.59 Å². The minimum absolute atomic E-state index is 0.0949. The second kappa shape index (κ2) is 8.94. The van der Waals surface area contributed by atoms with Gasteiger partial charge in [-0.25, -0.2) is 4.39 Å². The Morgan fingerprint density at radius 1 is 1.12 bits per heavy atom. The number of hydrogen-bond acceptors (Lipinski definition) is 3. The Balaban J connectivity index is 1.98. The van der Waals surface area contributed by atoms with Crippen LogP contribution in [-0.2, 0) is 20.9 Å². The first-order valence-electron chi connectivity index (χ1n) is 7.89. The van der Waals surface area contributed by atoms with E-state index in [0.29, 0.717) is 12.1 Å². The van der Waals surface area contributed by atoms with Crippen LogP contribution in [0.5, 0.6) is 0 Å². The lowest BCUT2D eigenvalue weighted by Gasteiger charge is -2.16. The number of halogens is 1. The van der Waals surface area contributed by atoms with Crippen LogP contribution in [0.3, 0.4) is 0 Å². The average molecular weight is 344 g/mol. The molecule has 2 rings (SSSR count). The van der Waals surface area contributed by atoms with Crippen LogP contribution in [0.25, 0.3) is 11.1 Å². The molecule has 1 atom stereocenters. The van der Waals surface area contributed by atoms with Gasteiger partial charge in [0.15, 0.2) is 0 Å². The summed E-state index contributed by atoms with van der Waals surface area (Å²) in [6.45, 7) is 1.74. The monoisotopic (exact) mass is 344 g/mol. The SMILES string of the molecule is COC[C@@H](NC(C)=O)C(=O)NCc1ccc(-c2ccccc2F)cc1. The minimum Gasteiger partial charge on any atom is -0.382 e. The highest BCUT2D eigenvalue weighted by molar-refractivity contribution is 5.86. The Morgan fingerprint density at radius 3 is 2.40 bits per heavy atom. The summed E-state index contributed by atoms with van der Waals surface area (Å²) in [7, 11) is 1.46. The number of amides is 2. The molecule has 5 nitrogen and oxygen atoms in total. The summed E-state index contributed by atoms with van der Waals surface area (Å²) in [5, 5.41) is 5.29. The zero-order valence-electron chi connectivity index (χ0n) is 14.2. The van der Waals surface area contributed by atoms with E-state index in [4.69, 9.17) is 4.74 Å². The number of ether oxygens (including phenoxy) is 1. The first-order valence-corrected chi connectivity index (χ1v) is 7.89. The molecule has 0 heterocycles. The van der Waals surface area contributed by atoms with E-state index < -0.39 is 6.04 Å². The van der Waals surface area contributed by atoms with E-state index in [1.807, 2.05) is 12.1 Å². The summed E-state index contributed by atoms with van der Waals surface area (Å²) in [6, 6.07) is 13.1. The van der Waals surface area contributed by atoms with E-state index >= 15 is 0 Å². The van der Waals surface area contributed by atoms with Crippen LogP contribution >= 0.6 is 0 Å². The van der Waals surface area contributed by atoms with Gasteiger partial charge in [0.2, 0.25) is 11.8 Å². The van der Waals surface area contributed by atoms with Crippen LogP contribution in [-0.4, -0.2) is 31.6 Å². The van der Waals surface area contributed by atoms with Gasteiger partial charge in [-0.1, -0.05) is 42.5 Å². The highest BCUT2D eigenvalue weighted by atomic mass is 19.1. The van der Waals surface area contributed by atoms with Gasteiger partial charge in [0, 0.05) is 26.1 Å². The topological polar surface area (TPSA) is 67.4 Å². The van der Waals surface area contributed by atoms with E-state index in [0.717, 1.165) is 11.1 Å². The lowest BCUT2D eigenvalue weighted by Crippen LogP contribution is -2.48. The molecule has 2 N–H and O–H groups in total. The second-order valence-corrected chi connectivity index (χ2v) is 5.60. The Morgan fingerprint density at radius 2 is 1.80 bits per heavy atom. The molecule has 0 aromatic heterocycles. The van der Waals surface area contributed by atoms with Crippen molar-refractivity contribution in [1.29, 1.82) is 0 Å². The normalized spacial score (nSPS) is 11.6. The number of benzene rings is 2. The number of nitrogens with one attached hydrogen (secondary N) is 2. The standard InChI is InChI=1S/C19H21FN2O3/c1-13(23)22-18(12-25-2)19(24)21-11-14-7-9-15(10-8-14)16-5-3-4-6-17(16)20/h3-10,18H,11-12H2,1-2H3,(H,21,24)(H,22,23)/t18-/m1/s1. The van der Waals surface area contributed by atoms with Crippen molar-refractivity contribution in [3.05, 3.63) is 59.9 Å². The number of methoxy groups -OCH3 is 1. The molecule has 6 heteroatoms. The molecule has 0 saturated heterocycles. The molecule has 2 aromatic carbocycles. The zero-order chi connectivity index (χ0) is 18.2. The summed E-state index contributed by atoms with van der Waals surface area (Å²) in [4.78, 5) is 23.2. The van der Waals surface area contributed by atoms with Crippen LogP contribution < -0.4 is 10.6 Å². The summed E-state index contributed by atoms with van der Waals surface area (Å²) >= 11 is 0. The largest absolute Gasteiger partial charge is 0.382 e. The third-order valence-electron chi connectivity index (χ3n) is 3.63. The van der Waals surface area contributed by atoms with Gasteiger partial charge in [0.25, 0.3) is 0 Å². The maximum Gasteiger partial charge on any atom is 0.245 e. The zero-order valence-corrected chi connectivity index (χ0v) is 14.2. The minimum atomic E-state index is -0.736. The molecule has 2 amide bonds. The fourth-order valence-electron chi connectivity index (χ4n) is 2.40. The fraction of sp³-hybridized carbons (Fsp3) is 0.263. The van der Waals surface area contributed by atoms with Gasteiger partial charge in [-0.2, -0.15) is 0 Å². The molecule has 2 aromatic rings. The highest BCUT2D eigenvalue weighted by Crippen LogP contribution is 2.22. The summed E-state index contributed by atoms with van der Waals surface area (Å²) in [5.74, 6) is -0.900. The van der Waals surface area contributed by atoms with Crippen LogP contribution in [0, 0.1) is 5.82 Å². The van der Waals surface area contributed by atoms with Crippen LogP contribution in [0.2, 0.25) is 0 Å². The van der Waals surface area contributed by atoms with Gasteiger partial charge in [-0.05, 0) is 17.2 Å². The van der Waals surface area contributed by atoms with Crippen molar-refractivity contribution in [2.75, 3.05) is 13.7 Å². The molecule has 0 fully saturated rings. The van der Waals surface area contributed by atoms with Crippen LogP contribution in [0.4, 0.5) is 4.39 Å². The quantitative estimate of drug-likeness (QED) is 0.810. The molecule has 25 heavy (non-hydrogen) atoms. The van der Waals surface area contributed by atoms with Gasteiger partial charge in [0.05, 0.1) is 6.61 Å². The third kappa shape index (κ3) is 5.39. The molecule has 0 bridgehead atoms. The molecule has 132 valence electrons. The molecule has 0 unspecified atom stereocenters. The summed E-state index contributed by atoms with van der Waals surface area (Å²) < 4.78 is 18.7. The van der Waals surface area contributed by atoms with Crippen molar-refractivity contribution >= 4 is 11.8 Å². The van der Waals surface area contributed by atoms with Crippen molar-refractivity contribution in [1.82, 2.24) is 10.6 Å². The molecular weight excluding hydrogens is 323 g/mol. The molecule has 0 spiro atoms. The molecule has 0 aliphatic heterocycles. The van der Waals surface area contributed by atoms with Gasteiger partial charge >= 0.3 is 0 Å². The average Bonchev–Trinajstić information content (AvgIpc) is 2.60. The van der Waals surface area contributed by atoms with Gasteiger partial charge in [-0.15, -0.1) is 0 Å². The van der Waals surface area contributed by atoms with E-state index in [1.54, 1.807) is 30.3 Å². The molecular formula is C19H21FN2O3. The van der Waals surface area contributed by atoms with Crippen molar-refractivity contribution in [3.63, 3.8) is 0 Å². The first-order chi connectivity index (χ1) is 12.0. The van der Waals surface area contributed by atoms with Crippen LogP contribution in [0.15, 0.2) is 48.5 Å². The molecule has 0 radical (unpaired) electrons. The van der Waals surface area contributed by atoms with E-state index in [-0.39, 0.29) is 24.2 Å². The Kier molecular flexibility index (Phi) is 6.65. The Hall–Kier alpha value is -2.73. The van der Waals surface area contributed by atoms with Crippen molar-refractivity contribution in [2.24, 2.45) is 0 Å². The molecule has 0 saturated carbocycles. The molecule has 0 aliphatic rings. The summed E-state index contributed by atoms with van der Waals surface area (Å²) in [6.07, 6.45) is 0. The van der Waals surface area contributed by atoms with Crippen molar-refractivity contribution < 1.29 is 18.7 Å². The predicted molar refractivity (Wildman–Crippen MR) is 93.2 cm³/mol. The lowest BCUT2D eigenvalue weighted by atomic mass is 10.0. The number of rotatable bonds is 7. The number of hydrogen-bond donors (Lipinski definition) is 2. The van der Waals surface area contributed by atoms with Gasteiger partial charge in [0.1, 0.15) is 11.9 Å². The van der Waals surface area contributed by atoms with Crippen molar-refractivity contribution in [2.45, 2.75) is 19.5 Å². The fourth-order valence-corrected chi connectivity index (χ4v) is 2.40.